The van der Waals surface area contributed by atoms with Crippen LogP contribution in [0.25, 0.3) is 0 Å². The molecule has 0 amide bonds. The summed E-state index contributed by atoms with van der Waals surface area (Å²) < 4.78 is 1.09. The number of nitrogens with one attached hydrogen (secondary N) is 2. The van der Waals surface area contributed by atoms with Gasteiger partial charge in [0.05, 0.1) is 17.2 Å². The predicted molar refractivity (Wildman–Crippen MR) is 97.5 cm³/mol. The molecule has 0 saturated carbocycles. The van der Waals surface area contributed by atoms with Gasteiger partial charge in [-0.15, -0.1) is 11.3 Å². The van der Waals surface area contributed by atoms with Crippen LogP contribution >= 0.6 is 27.3 Å². The Labute approximate surface area is 144 Å². The van der Waals surface area contributed by atoms with Crippen molar-refractivity contribution in [2.24, 2.45) is 4.99 Å². The molecule has 22 heavy (non-hydrogen) atoms. The first-order valence-corrected chi connectivity index (χ1v) is 9.02. The summed E-state index contributed by atoms with van der Waals surface area (Å²) in [6.07, 6.45) is 0.910. The maximum absolute atomic E-state index is 4.61. The fourth-order valence-corrected chi connectivity index (χ4v) is 2.85. The molecule has 1 aromatic heterocycles. The number of halogens is 1. The molecule has 0 atom stereocenters. The summed E-state index contributed by atoms with van der Waals surface area (Å²) in [5, 5.41) is 9.85. The molecule has 0 bridgehead atoms. The molecule has 2 rings (SSSR count). The first-order chi connectivity index (χ1) is 10.7. The molecule has 0 saturated heterocycles. The summed E-state index contributed by atoms with van der Waals surface area (Å²) in [7, 11) is 0. The fraction of sp³-hybridized carbons (Fsp3) is 0.375. The van der Waals surface area contributed by atoms with E-state index in [0.29, 0.717) is 6.54 Å². The molecule has 4 nitrogen and oxygen atoms in total. The van der Waals surface area contributed by atoms with E-state index in [1.165, 1.54) is 5.56 Å². The van der Waals surface area contributed by atoms with E-state index in [9.17, 15) is 0 Å². The average molecular weight is 381 g/mol. The third-order valence-corrected chi connectivity index (χ3v) is 4.37. The number of aliphatic imine (C=N–C) groups is 1. The average Bonchev–Trinajstić information content (AvgIpc) is 2.92. The van der Waals surface area contributed by atoms with Crippen LogP contribution in [-0.4, -0.2) is 24.0 Å². The third-order valence-electron chi connectivity index (χ3n) is 3.02. The lowest BCUT2D eigenvalue weighted by Crippen LogP contribution is -2.38. The van der Waals surface area contributed by atoms with Gasteiger partial charge in [-0.2, -0.15) is 0 Å². The second-order valence-corrected chi connectivity index (χ2v) is 6.83. The zero-order valence-electron chi connectivity index (χ0n) is 12.9. The summed E-state index contributed by atoms with van der Waals surface area (Å²) in [5.74, 6) is 0.845. The maximum atomic E-state index is 4.61. The Morgan fingerprint density at radius 3 is 2.68 bits per heavy atom. The van der Waals surface area contributed by atoms with Crippen LogP contribution in [0.15, 0.2) is 39.1 Å². The number of thiazole rings is 1. The standard InChI is InChI=1S/C16H21BrN4S/c1-3-18-16(19-9-8-15-11-22-12(2)21-15)20-10-13-4-6-14(17)7-5-13/h4-7,11H,3,8-10H2,1-2H3,(H2,18,19,20). The van der Waals surface area contributed by atoms with Crippen LogP contribution in [0, 0.1) is 6.92 Å². The predicted octanol–water partition coefficient (Wildman–Crippen LogP) is 3.51. The number of nitrogens with zero attached hydrogens (tertiary/aromatic N) is 2. The van der Waals surface area contributed by atoms with Gasteiger partial charge < -0.3 is 10.6 Å². The monoisotopic (exact) mass is 380 g/mol. The van der Waals surface area contributed by atoms with Crippen molar-refractivity contribution in [3.05, 3.63) is 50.4 Å². The molecular weight excluding hydrogens is 360 g/mol. The highest BCUT2D eigenvalue weighted by atomic mass is 79.9. The lowest BCUT2D eigenvalue weighted by atomic mass is 10.2. The molecule has 2 aromatic rings. The molecule has 0 aliphatic rings. The van der Waals surface area contributed by atoms with Crippen LogP contribution in [-0.2, 0) is 13.0 Å². The van der Waals surface area contributed by atoms with Crippen LogP contribution in [0.3, 0.4) is 0 Å². The zero-order valence-corrected chi connectivity index (χ0v) is 15.3. The van der Waals surface area contributed by atoms with Crippen molar-refractivity contribution in [1.82, 2.24) is 15.6 Å². The molecule has 0 aliphatic heterocycles. The van der Waals surface area contributed by atoms with Crippen LogP contribution in [0.4, 0.5) is 0 Å². The molecule has 1 aromatic carbocycles. The lowest BCUT2D eigenvalue weighted by Gasteiger charge is -2.10. The van der Waals surface area contributed by atoms with Gasteiger partial charge in [0, 0.05) is 29.4 Å². The van der Waals surface area contributed by atoms with E-state index in [1.807, 2.05) is 19.1 Å². The Bertz CT molecular complexity index is 607. The van der Waals surface area contributed by atoms with Gasteiger partial charge in [-0.05, 0) is 31.5 Å². The zero-order chi connectivity index (χ0) is 15.8. The summed E-state index contributed by atoms with van der Waals surface area (Å²) in [6.45, 7) is 6.45. The molecule has 2 N–H and O–H groups in total. The fourth-order valence-electron chi connectivity index (χ4n) is 1.93. The van der Waals surface area contributed by atoms with Gasteiger partial charge in [-0.25, -0.2) is 9.98 Å². The topological polar surface area (TPSA) is 49.3 Å². The maximum Gasteiger partial charge on any atom is 0.191 e. The van der Waals surface area contributed by atoms with Gasteiger partial charge in [0.1, 0.15) is 0 Å². The van der Waals surface area contributed by atoms with Crippen LogP contribution in [0.1, 0.15) is 23.2 Å². The number of benzene rings is 1. The van der Waals surface area contributed by atoms with Gasteiger partial charge >= 0.3 is 0 Å². The van der Waals surface area contributed by atoms with Crippen LogP contribution in [0.2, 0.25) is 0 Å². The number of aryl methyl sites for hydroxylation is 1. The van der Waals surface area contributed by atoms with Crippen LogP contribution < -0.4 is 10.6 Å². The summed E-state index contributed by atoms with van der Waals surface area (Å²) in [5.41, 5.74) is 2.33. The Hall–Kier alpha value is -1.40. The van der Waals surface area contributed by atoms with E-state index < -0.39 is 0 Å². The minimum Gasteiger partial charge on any atom is -0.357 e. The van der Waals surface area contributed by atoms with Crippen molar-refractivity contribution in [2.75, 3.05) is 13.1 Å². The molecule has 6 heteroatoms. The van der Waals surface area contributed by atoms with Gasteiger partial charge in [0.25, 0.3) is 0 Å². The Morgan fingerprint density at radius 1 is 1.27 bits per heavy atom. The molecule has 0 unspecified atom stereocenters. The number of rotatable bonds is 6. The van der Waals surface area contributed by atoms with Gasteiger partial charge in [-0.1, -0.05) is 28.1 Å². The Balaban J connectivity index is 1.85. The summed E-state index contributed by atoms with van der Waals surface area (Å²) in [6, 6.07) is 8.23. The van der Waals surface area contributed by atoms with Gasteiger partial charge in [-0.3, -0.25) is 0 Å². The van der Waals surface area contributed by atoms with Crippen LogP contribution in [0.5, 0.6) is 0 Å². The van der Waals surface area contributed by atoms with Crippen molar-refractivity contribution < 1.29 is 0 Å². The van der Waals surface area contributed by atoms with E-state index in [4.69, 9.17) is 0 Å². The van der Waals surface area contributed by atoms with E-state index >= 15 is 0 Å². The molecule has 0 fully saturated rings. The highest BCUT2D eigenvalue weighted by Crippen LogP contribution is 2.11. The number of aromatic nitrogens is 1. The smallest absolute Gasteiger partial charge is 0.191 e. The highest BCUT2D eigenvalue weighted by Gasteiger charge is 2.01. The Morgan fingerprint density at radius 2 is 2.05 bits per heavy atom. The second-order valence-electron chi connectivity index (χ2n) is 4.86. The molecule has 0 aliphatic carbocycles. The number of guanidine groups is 1. The van der Waals surface area contributed by atoms with Crippen molar-refractivity contribution >= 4 is 33.2 Å². The first kappa shape index (κ1) is 17.0. The van der Waals surface area contributed by atoms with E-state index in [0.717, 1.165) is 40.6 Å². The van der Waals surface area contributed by atoms with Crippen molar-refractivity contribution in [3.63, 3.8) is 0 Å². The third kappa shape index (κ3) is 5.77. The molecule has 0 radical (unpaired) electrons. The highest BCUT2D eigenvalue weighted by molar-refractivity contribution is 9.10. The molecular formula is C16H21BrN4S. The first-order valence-electron chi connectivity index (χ1n) is 7.35. The number of hydrogen-bond donors (Lipinski definition) is 2. The lowest BCUT2D eigenvalue weighted by molar-refractivity contribution is 0.790. The summed E-state index contributed by atoms with van der Waals surface area (Å²) >= 11 is 5.14. The van der Waals surface area contributed by atoms with E-state index in [1.54, 1.807) is 11.3 Å². The number of hydrogen-bond acceptors (Lipinski definition) is 3. The van der Waals surface area contributed by atoms with Crippen molar-refractivity contribution in [3.8, 4) is 0 Å². The van der Waals surface area contributed by atoms with E-state index in [-0.39, 0.29) is 0 Å². The molecule has 1 heterocycles. The Kier molecular flexibility index (Phi) is 6.86. The molecule has 0 spiro atoms. The normalized spacial score (nSPS) is 11.5. The minimum absolute atomic E-state index is 0.665. The summed E-state index contributed by atoms with van der Waals surface area (Å²) in [4.78, 5) is 9.08. The minimum atomic E-state index is 0.665. The molecule has 118 valence electrons. The largest absolute Gasteiger partial charge is 0.357 e. The quantitative estimate of drug-likeness (QED) is 0.595. The van der Waals surface area contributed by atoms with Gasteiger partial charge in [0.15, 0.2) is 5.96 Å². The SMILES string of the molecule is CCNC(=NCc1ccc(Br)cc1)NCCc1csc(C)n1. The van der Waals surface area contributed by atoms with Crippen molar-refractivity contribution in [1.29, 1.82) is 0 Å². The van der Waals surface area contributed by atoms with Crippen molar-refractivity contribution in [2.45, 2.75) is 26.8 Å². The van der Waals surface area contributed by atoms with E-state index in [2.05, 4.69) is 61.0 Å². The second kappa shape index (κ2) is 8.90. The van der Waals surface area contributed by atoms with Gasteiger partial charge in [0.2, 0.25) is 0 Å².